The number of fused-ring (bicyclic) bond motifs is 9. The Morgan fingerprint density at radius 3 is 2.47 bits per heavy atom. The number of aryl methyl sites for hydroxylation is 1. The maximum Gasteiger partial charge on any atom is 0.245 e. The molecule has 2 saturated heterocycles. The van der Waals surface area contributed by atoms with Gasteiger partial charge in [-0.05, 0) is 45.4 Å². The van der Waals surface area contributed by atoms with Crippen molar-refractivity contribution in [1.29, 1.82) is 0 Å². The number of amides is 3. The summed E-state index contributed by atoms with van der Waals surface area (Å²) in [5.74, 6) is -0.304. The third-order valence-electron chi connectivity index (χ3n) is 9.76. The molecule has 2 N–H and O–H groups in total. The Labute approximate surface area is 256 Å². The third-order valence-corrected chi connectivity index (χ3v) is 10.9. The first-order valence-corrected chi connectivity index (χ1v) is 16.8. The molecule has 0 aromatic carbocycles. The number of thiazole rings is 1. The molecule has 1 atom stereocenters. The zero-order valence-electron chi connectivity index (χ0n) is 25.1. The Bertz CT molecular complexity index is 1290. The number of carbonyl (C=O) groups is 3. The fourth-order valence-electron chi connectivity index (χ4n) is 7.30. The van der Waals surface area contributed by atoms with Crippen LogP contribution in [0.2, 0.25) is 0 Å². The molecule has 4 aliphatic heterocycles. The summed E-state index contributed by atoms with van der Waals surface area (Å²) in [4.78, 5) is 53.6. The highest BCUT2D eigenvalue weighted by Crippen LogP contribution is 2.34. The molecule has 1 saturated carbocycles. The van der Waals surface area contributed by atoms with E-state index in [0.29, 0.717) is 31.4 Å². The monoisotopic (exact) mass is 612 g/mol. The lowest BCUT2D eigenvalue weighted by Crippen LogP contribution is -2.56. The van der Waals surface area contributed by atoms with Crippen LogP contribution in [0.25, 0.3) is 0 Å². The summed E-state index contributed by atoms with van der Waals surface area (Å²) in [5, 5.41) is 21.5. The number of nitrogens with zero attached hydrogens (tertiary/aromatic N) is 7. The van der Waals surface area contributed by atoms with Gasteiger partial charge in [0.2, 0.25) is 17.7 Å². The summed E-state index contributed by atoms with van der Waals surface area (Å²) in [6.45, 7) is 5.22. The van der Waals surface area contributed by atoms with Gasteiger partial charge in [0.15, 0.2) is 0 Å². The second-order valence-corrected chi connectivity index (χ2v) is 13.8. The average Bonchev–Trinajstić information content (AvgIpc) is 3.78. The molecule has 1 aliphatic carbocycles. The minimum Gasteiger partial charge on any atom is -0.394 e. The van der Waals surface area contributed by atoms with Crippen molar-refractivity contribution in [1.82, 2.24) is 40.0 Å². The molecule has 0 spiro atoms. The third kappa shape index (κ3) is 6.93. The lowest BCUT2D eigenvalue weighted by atomic mass is 9.96. The van der Waals surface area contributed by atoms with E-state index in [0.717, 1.165) is 54.4 Å². The van der Waals surface area contributed by atoms with Crippen LogP contribution in [0.5, 0.6) is 0 Å². The van der Waals surface area contributed by atoms with Gasteiger partial charge in [-0.3, -0.25) is 14.4 Å². The van der Waals surface area contributed by atoms with Crippen molar-refractivity contribution in [2.45, 2.75) is 102 Å². The number of aromatic nitrogens is 4. The van der Waals surface area contributed by atoms with Crippen molar-refractivity contribution in [3.63, 3.8) is 0 Å². The van der Waals surface area contributed by atoms with Crippen molar-refractivity contribution in [2.24, 2.45) is 0 Å². The van der Waals surface area contributed by atoms with Gasteiger partial charge in [0.1, 0.15) is 6.04 Å². The molecule has 2 aromatic heterocycles. The number of hydrogen-bond acceptors (Lipinski definition) is 9. The van der Waals surface area contributed by atoms with Crippen LogP contribution in [0.4, 0.5) is 0 Å². The van der Waals surface area contributed by atoms with E-state index in [2.05, 4.69) is 20.5 Å². The number of aliphatic hydroxyl groups excluding tert-OH is 1. The predicted molar refractivity (Wildman–Crippen MR) is 160 cm³/mol. The topological polar surface area (TPSA) is 137 Å². The van der Waals surface area contributed by atoms with Gasteiger partial charge < -0.3 is 25.1 Å². The van der Waals surface area contributed by atoms with Crippen LogP contribution >= 0.6 is 11.3 Å². The minimum absolute atomic E-state index is 0.0301. The number of rotatable bonds is 6. The lowest BCUT2D eigenvalue weighted by molar-refractivity contribution is -0.141. The summed E-state index contributed by atoms with van der Waals surface area (Å²) < 4.78 is 1.53. The Kier molecular flexibility index (Phi) is 9.39. The first-order chi connectivity index (χ1) is 20.9. The lowest BCUT2D eigenvalue weighted by Gasteiger charge is -2.40. The highest BCUT2D eigenvalue weighted by molar-refractivity contribution is 7.11. The van der Waals surface area contributed by atoms with Gasteiger partial charge in [-0.1, -0.05) is 18.1 Å². The highest BCUT2D eigenvalue weighted by atomic mass is 32.1. The molecule has 7 rings (SSSR count). The zero-order chi connectivity index (χ0) is 29.9. The van der Waals surface area contributed by atoms with E-state index in [1.807, 2.05) is 11.8 Å². The number of nitrogens with one attached hydrogen (secondary N) is 1. The van der Waals surface area contributed by atoms with E-state index >= 15 is 0 Å². The first-order valence-electron chi connectivity index (χ1n) is 16.0. The normalized spacial score (nSPS) is 25.3. The molecule has 234 valence electrons. The summed E-state index contributed by atoms with van der Waals surface area (Å²) in [6.07, 6.45) is 10.4. The Morgan fingerprint density at radius 2 is 1.74 bits per heavy atom. The standard InChI is InChI=1S/C30H44N8O4S/c1-20-25-17-28(41)38(24-8-12-35(13-9-24)23-4-2-3-5-23)19-27(40)31-26(16-22-18-37(14-15-39)34-33-22)30(42)36-10-6-21(7-11-36)29(32-25)43-20/h18,21,23-24,26,39H,2-17,19H2,1H3,(H,31,40)/t26-/m1/s1. The van der Waals surface area contributed by atoms with Crippen LogP contribution in [0.3, 0.4) is 0 Å². The van der Waals surface area contributed by atoms with Gasteiger partial charge in [-0.25, -0.2) is 9.67 Å². The van der Waals surface area contributed by atoms with Gasteiger partial charge >= 0.3 is 0 Å². The van der Waals surface area contributed by atoms with Crippen LogP contribution in [0, 0.1) is 6.92 Å². The molecule has 3 amide bonds. The maximum atomic E-state index is 13.9. The molecule has 2 aromatic rings. The van der Waals surface area contributed by atoms with Crippen LogP contribution in [-0.4, -0.2) is 115 Å². The van der Waals surface area contributed by atoms with Gasteiger partial charge in [0, 0.05) is 61.7 Å². The maximum absolute atomic E-state index is 13.9. The van der Waals surface area contributed by atoms with Crippen LogP contribution in [-0.2, 0) is 33.8 Å². The number of likely N-dealkylation sites (tertiary alicyclic amines) is 1. The number of carbonyl (C=O) groups excluding carboxylic acids is 3. The quantitative estimate of drug-likeness (QED) is 0.498. The van der Waals surface area contributed by atoms with E-state index in [-0.39, 0.29) is 55.7 Å². The molecular weight excluding hydrogens is 568 g/mol. The van der Waals surface area contributed by atoms with E-state index in [1.165, 1.54) is 30.4 Å². The summed E-state index contributed by atoms with van der Waals surface area (Å²) in [7, 11) is 0. The number of hydrogen-bond donors (Lipinski definition) is 2. The Balaban J connectivity index is 1.24. The SMILES string of the molecule is Cc1sc2nc1CC(=O)N(C1CCN(C3CCCC3)CC1)CC(=O)N[C@H](Cc1cn(CCO)nn1)C(=O)N1CCC2CC1. The molecule has 0 radical (unpaired) electrons. The van der Waals surface area contributed by atoms with Crippen LogP contribution < -0.4 is 5.32 Å². The smallest absolute Gasteiger partial charge is 0.245 e. The second kappa shape index (κ2) is 13.4. The molecule has 3 fully saturated rings. The molecular formula is C30H44N8O4S. The molecule has 12 nitrogen and oxygen atoms in total. The second-order valence-electron chi connectivity index (χ2n) is 12.6. The van der Waals surface area contributed by atoms with Crippen LogP contribution in [0.1, 0.15) is 78.6 Å². The number of aliphatic hydroxyl groups is 1. The highest BCUT2D eigenvalue weighted by Gasteiger charge is 2.36. The molecule has 0 unspecified atom stereocenters. The van der Waals surface area contributed by atoms with Crippen molar-refractivity contribution in [3.8, 4) is 0 Å². The van der Waals surface area contributed by atoms with Crippen molar-refractivity contribution in [3.05, 3.63) is 27.5 Å². The van der Waals surface area contributed by atoms with E-state index in [4.69, 9.17) is 4.98 Å². The molecule has 43 heavy (non-hydrogen) atoms. The average molecular weight is 613 g/mol. The van der Waals surface area contributed by atoms with Crippen LogP contribution in [0.15, 0.2) is 6.20 Å². The molecule has 5 aliphatic rings. The summed E-state index contributed by atoms with van der Waals surface area (Å²) >= 11 is 1.66. The summed E-state index contributed by atoms with van der Waals surface area (Å²) in [5.41, 5.74) is 1.38. The molecule has 13 heteroatoms. The fourth-order valence-corrected chi connectivity index (χ4v) is 8.41. The van der Waals surface area contributed by atoms with Gasteiger partial charge in [-0.15, -0.1) is 16.4 Å². The molecule has 6 heterocycles. The van der Waals surface area contributed by atoms with Gasteiger partial charge in [0.05, 0.1) is 42.5 Å². The largest absolute Gasteiger partial charge is 0.394 e. The Morgan fingerprint density at radius 1 is 1.00 bits per heavy atom. The predicted octanol–water partition coefficient (Wildman–Crippen LogP) is 1.26. The zero-order valence-corrected chi connectivity index (χ0v) is 25.9. The van der Waals surface area contributed by atoms with Crippen molar-refractivity contribution < 1.29 is 19.5 Å². The summed E-state index contributed by atoms with van der Waals surface area (Å²) in [6, 6.07) is -0.202. The first kappa shape index (κ1) is 30.1. The fraction of sp³-hybridized carbons (Fsp3) is 0.733. The minimum atomic E-state index is -0.817. The van der Waals surface area contributed by atoms with E-state index in [9.17, 15) is 19.5 Å². The van der Waals surface area contributed by atoms with E-state index in [1.54, 1.807) is 22.4 Å². The molecule has 4 bridgehead atoms. The van der Waals surface area contributed by atoms with Crippen molar-refractivity contribution >= 4 is 29.1 Å². The van der Waals surface area contributed by atoms with Crippen molar-refractivity contribution in [2.75, 3.05) is 39.3 Å². The van der Waals surface area contributed by atoms with E-state index < -0.39 is 6.04 Å². The Hall–Kier alpha value is -2.90. The number of piperidine rings is 2. The van der Waals surface area contributed by atoms with Gasteiger partial charge in [-0.2, -0.15) is 0 Å². The van der Waals surface area contributed by atoms with Gasteiger partial charge in [0.25, 0.3) is 0 Å².